The number of hydrogen-bond donors (Lipinski definition) is 1. The Morgan fingerprint density at radius 1 is 1.67 bits per heavy atom. The normalized spacial score (nSPS) is 21.4. The zero-order chi connectivity index (χ0) is 11.0. The minimum absolute atomic E-state index is 0.0940. The molecule has 1 aromatic heterocycles. The van der Waals surface area contributed by atoms with Gasteiger partial charge in [-0.15, -0.1) is 0 Å². The molecule has 82 valence electrons. The van der Waals surface area contributed by atoms with Gasteiger partial charge in [0.15, 0.2) is 0 Å². The average molecular weight is 206 g/mol. The highest BCUT2D eigenvalue weighted by molar-refractivity contribution is 5.51. The molecule has 2 heterocycles. The molecular weight excluding hydrogens is 188 g/mol. The Bertz CT molecular complexity index is 376. The van der Waals surface area contributed by atoms with Gasteiger partial charge in [-0.25, -0.2) is 4.98 Å². The number of anilines is 1. The molecule has 2 rings (SSSR count). The van der Waals surface area contributed by atoms with E-state index in [1.807, 2.05) is 13.1 Å². The number of nitrogens with two attached hydrogens (primary N) is 1. The van der Waals surface area contributed by atoms with Crippen LogP contribution in [0.2, 0.25) is 0 Å². The fraction of sp³-hybridized carbons (Fsp3) is 0.583. The van der Waals surface area contributed by atoms with Gasteiger partial charge in [0.2, 0.25) is 0 Å². The Morgan fingerprint density at radius 3 is 3.07 bits per heavy atom. The lowest BCUT2D eigenvalue weighted by Gasteiger charge is -2.14. The molecular formula is C12H18N2O. The summed E-state index contributed by atoms with van der Waals surface area (Å²) in [7, 11) is 0. The van der Waals surface area contributed by atoms with Gasteiger partial charge in [0, 0.05) is 11.8 Å². The molecule has 1 aliphatic heterocycles. The molecule has 0 saturated heterocycles. The number of aromatic nitrogens is 1. The molecule has 0 saturated carbocycles. The van der Waals surface area contributed by atoms with E-state index in [2.05, 4.69) is 18.8 Å². The summed E-state index contributed by atoms with van der Waals surface area (Å²) in [5.41, 5.74) is 9.55. The SMILES string of the molecule is CCC(C)c1cnc(N)c2c1COC2C. The van der Waals surface area contributed by atoms with Crippen LogP contribution < -0.4 is 5.73 Å². The number of hydrogen-bond acceptors (Lipinski definition) is 3. The summed E-state index contributed by atoms with van der Waals surface area (Å²) in [5.74, 6) is 1.16. The standard InChI is InChI=1S/C12H18N2O/c1-4-7(2)9-5-14-12(13)11-8(3)15-6-10(9)11/h5,7-8H,4,6H2,1-3H3,(H2,13,14). The maximum atomic E-state index is 5.88. The van der Waals surface area contributed by atoms with Crippen molar-refractivity contribution < 1.29 is 4.74 Å². The highest BCUT2D eigenvalue weighted by Gasteiger charge is 2.26. The minimum atomic E-state index is 0.0940. The number of ether oxygens (including phenoxy) is 1. The Kier molecular flexibility index (Phi) is 2.65. The minimum Gasteiger partial charge on any atom is -0.383 e. The molecule has 1 aromatic rings. The fourth-order valence-electron chi connectivity index (χ4n) is 2.15. The zero-order valence-corrected chi connectivity index (χ0v) is 9.58. The van der Waals surface area contributed by atoms with E-state index in [0.717, 1.165) is 12.0 Å². The number of pyridine rings is 1. The topological polar surface area (TPSA) is 48.1 Å². The summed E-state index contributed by atoms with van der Waals surface area (Å²) in [4.78, 5) is 4.27. The fourth-order valence-corrected chi connectivity index (χ4v) is 2.15. The molecule has 0 bridgehead atoms. The first-order valence-corrected chi connectivity index (χ1v) is 5.53. The summed E-state index contributed by atoms with van der Waals surface area (Å²) in [6.07, 6.45) is 3.12. The first-order chi connectivity index (χ1) is 7.15. The van der Waals surface area contributed by atoms with Crippen LogP contribution in [-0.4, -0.2) is 4.98 Å². The van der Waals surface area contributed by atoms with Crippen LogP contribution in [0.3, 0.4) is 0 Å². The molecule has 0 amide bonds. The smallest absolute Gasteiger partial charge is 0.129 e. The average Bonchev–Trinajstić information content (AvgIpc) is 2.61. The lowest BCUT2D eigenvalue weighted by atomic mass is 9.93. The molecule has 2 N–H and O–H groups in total. The van der Waals surface area contributed by atoms with Crippen LogP contribution in [0.25, 0.3) is 0 Å². The predicted molar refractivity (Wildman–Crippen MR) is 60.6 cm³/mol. The van der Waals surface area contributed by atoms with Crippen molar-refractivity contribution in [3.8, 4) is 0 Å². The monoisotopic (exact) mass is 206 g/mol. The van der Waals surface area contributed by atoms with Crippen molar-refractivity contribution in [2.45, 2.75) is 45.8 Å². The van der Waals surface area contributed by atoms with Gasteiger partial charge in [0.05, 0.1) is 12.7 Å². The van der Waals surface area contributed by atoms with Crippen LogP contribution >= 0.6 is 0 Å². The molecule has 1 aliphatic rings. The van der Waals surface area contributed by atoms with E-state index in [1.54, 1.807) is 0 Å². The van der Waals surface area contributed by atoms with E-state index in [1.165, 1.54) is 11.1 Å². The van der Waals surface area contributed by atoms with E-state index < -0.39 is 0 Å². The van der Waals surface area contributed by atoms with Gasteiger partial charge < -0.3 is 10.5 Å². The first-order valence-electron chi connectivity index (χ1n) is 5.53. The van der Waals surface area contributed by atoms with Crippen LogP contribution in [0.15, 0.2) is 6.20 Å². The van der Waals surface area contributed by atoms with Gasteiger partial charge in [-0.1, -0.05) is 13.8 Å². The lowest BCUT2D eigenvalue weighted by molar-refractivity contribution is 0.0796. The highest BCUT2D eigenvalue weighted by Crippen LogP contribution is 2.38. The van der Waals surface area contributed by atoms with Crippen molar-refractivity contribution in [2.75, 3.05) is 5.73 Å². The van der Waals surface area contributed by atoms with Gasteiger partial charge in [-0.2, -0.15) is 0 Å². The third kappa shape index (κ3) is 1.61. The molecule has 3 heteroatoms. The van der Waals surface area contributed by atoms with Gasteiger partial charge in [0.1, 0.15) is 5.82 Å². The van der Waals surface area contributed by atoms with Crippen molar-refractivity contribution in [3.05, 3.63) is 22.9 Å². The summed E-state index contributed by atoms with van der Waals surface area (Å²) in [5, 5.41) is 0. The zero-order valence-electron chi connectivity index (χ0n) is 9.58. The van der Waals surface area contributed by atoms with Crippen LogP contribution in [0.1, 0.15) is 55.9 Å². The Morgan fingerprint density at radius 2 is 2.40 bits per heavy atom. The van der Waals surface area contributed by atoms with Crippen LogP contribution in [0.5, 0.6) is 0 Å². The number of rotatable bonds is 2. The second-order valence-corrected chi connectivity index (χ2v) is 4.25. The number of nitrogen functional groups attached to an aromatic ring is 1. The molecule has 2 atom stereocenters. The van der Waals surface area contributed by atoms with Crippen molar-refractivity contribution in [2.24, 2.45) is 0 Å². The lowest BCUT2D eigenvalue weighted by Crippen LogP contribution is -2.04. The third-order valence-corrected chi connectivity index (χ3v) is 3.32. The van der Waals surface area contributed by atoms with E-state index in [4.69, 9.17) is 10.5 Å². The molecule has 0 spiro atoms. The molecule has 0 fully saturated rings. The predicted octanol–water partition coefficient (Wildman–Crippen LogP) is 2.77. The van der Waals surface area contributed by atoms with Gasteiger partial charge in [-0.05, 0) is 30.4 Å². The van der Waals surface area contributed by atoms with Crippen molar-refractivity contribution in [1.82, 2.24) is 4.98 Å². The third-order valence-electron chi connectivity index (χ3n) is 3.32. The van der Waals surface area contributed by atoms with Crippen molar-refractivity contribution in [1.29, 1.82) is 0 Å². The second kappa shape index (κ2) is 3.81. The van der Waals surface area contributed by atoms with Crippen molar-refractivity contribution in [3.63, 3.8) is 0 Å². The maximum absolute atomic E-state index is 5.88. The van der Waals surface area contributed by atoms with E-state index in [0.29, 0.717) is 18.3 Å². The van der Waals surface area contributed by atoms with Crippen LogP contribution in [-0.2, 0) is 11.3 Å². The first kappa shape index (κ1) is 10.4. The van der Waals surface area contributed by atoms with E-state index in [-0.39, 0.29) is 6.10 Å². The maximum Gasteiger partial charge on any atom is 0.129 e. The summed E-state index contributed by atoms with van der Waals surface area (Å²) >= 11 is 0. The summed E-state index contributed by atoms with van der Waals surface area (Å²) in [6, 6.07) is 0. The molecule has 15 heavy (non-hydrogen) atoms. The van der Waals surface area contributed by atoms with Gasteiger partial charge in [0.25, 0.3) is 0 Å². The van der Waals surface area contributed by atoms with E-state index in [9.17, 15) is 0 Å². The van der Waals surface area contributed by atoms with Crippen molar-refractivity contribution >= 4 is 5.82 Å². The number of fused-ring (bicyclic) bond motifs is 1. The molecule has 0 aromatic carbocycles. The molecule has 0 radical (unpaired) electrons. The largest absolute Gasteiger partial charge is 0.383 e. The molecule has 3 nitrogen and oxygen atoms in total. The second-order valence-electron chi connectivity index (χ2n) is 4.25. The molecule has 2 unspecified atom stereocenters. The van der Waals surface area contributed by atoms with Crippen LogP contribution in [0, 0.1) is 0 Å². The van der Waals surface area contributed by atoms with Gasteiger partial charge >= 0.3 is 0 Å². The van der Waals surface area contributed by atoms with Gasteiger partial charge in [-0.3, -0.25) is 0 Å². The summed E-state index contributed by atoms with van der Waals surface area (Å²) < 4.78 is 5.62. The Labute approximate surface area is 90.7 Å². The summed E-state index contributed by atoms with van der Waals surface area (Å²) in [6.45, 7) is 7.12. The van der Waals surface area contributed by atoms with Crippen LogP contribution in [0.4, 0.5) is 5.82 Å². The Hall–Kier alpha value is -1.09. The molecule has 0 aliphatic carbocycles. The quantitative estimate of drug-likeness (QED) is 0.809. The highest BCUT2D eigenvalue weighted by atomic mass is 16.5. The number of nitrogens with zero attached hydrogens (tertiary/aromatic N) is 1. The van der Waals surface area contributed by atoms with E-state index >= 15 is 0 Å². The Balaban J connectivity index is 2.52.